The zero-order valence-corrected chi connectivity index (χ0v) is 11.3. The van der Waals surface area contributed by atoms with E-state index >= 15 is 0 Å². The first-order chi connectivity index (χ1) is 8.86. The lowest BCUT2D eigenvalue weighted by atomic mass is 10.3. The fraction of sp³-hybridized carbons (Fsp3) is 0.500. The lowest BCUT2D eigenvalue weighted by Crippen LogP contribution is -2.43. The van der Waals surface area contributed by atoms with E-state index in [-0.39, 0.29) is 0 Å². The molecule has 6 heteroatoms. The van der Waals surface area contributed by atoms with Crippen LogP contribution < -0.4 is 10.2 Å². The Morgan fingerprint density at radius 2 is 2.22 bits per heavy atom. The first kappa shape index (κ1) is 11.7. The van der Waals surface area contributed by atoms with Crippen molar-refractivity contribution in [3.63, 3.8) is 0 Å². The number of thiazole rings is 1. The summed E-state index contributed by atoms with van der Waals surface area (Å²) in [6.45, 7) is 7.16. The number of hydrogen-bond acceptors (Lipinski definition) is 5. The third kappa shape index (κ3) is 2.26. The van der Waals surface area contributed by atoms with Gasteiger partial charge in [0.2, 0.25) is 0 Å². The fourth-order valence-corrected chi connectivity index (χ4v) is 2.96. The van der Waals surface area contributed by atoms with Gasteiger partial charge in [-0.15, -0.1) is 11.3 Å². The molecular weight excluding hydrogens is 246 g/mol. The second-order valence-electron chi connectivity index (χ2n) is 4.34. The molecule has 0 aromatic carbocycles. The first-order valence-corrected chi connectivity index (χ1v) is 7.19. The van der Waals surface area contributed by atoms with Crippen LogP contribution in [0.15, 0.2) is 17.8 Å². The van der Waals surface area contributed by atoms with Gasteiger partial charge in [-0.05, 0) is 6.92 Å². The molecule has 2 aromatic heterocycles. The first-order valence-electron chi connectivity index (χ1n) is 6.31. The minimum Gasteiger partial charge on any atom is -0.346 e. The van der Waals surface area contributed by atoms with Gasteiger partial charge in [0.1, 0.15) is 0 Å². The van der Waals surface area contributed by atoms with Crippen molar-refractivity contribution in [2.45, 2.75) is 13.5 Å². The van der Waals surface area contributed by atoms with E-state index in [4.69, 9.17) is 4.98 Å². The van der Waals surface area contributed by atoms with Crippen molar-refractivity contribution in [3.05, 3.63) is 17.8 Å². The summed E-state index contributed by atoms with van der Waals surface area (Å²) in [5.74, 6) is 0. The van der Waals surface area contributed by atoms with Crippen LogP contribution in [0.5, 0.6) is 0 Å². The van der Waals surface area contributed by atoms with E-state index in [9.17, 15) is 0 Å². The summed E-state index contributed by atoms with van der Waals surface area (Å²) in [4.78, 5) is 7.06. The van der Waals surface area contributed by atoms with Crippen LogP contribution in [0.25, 0.3) is 11.3 Å². The monoisotopic (exact) mass is 263 g/mol. The van der Waals surface area contributed by atoms with E-state index in [2.05, 4.69) is 33.8 Å². The zero-order chi connectivity index (χ0) is 12.4. The van der Waals surface area contributed by atoms with Crippen molar-refractivity contribution in [3.8, 4) is 11.3 Å². The van der Waals surface area contributed by atoms with Crippen molar-refractivity contribution < 1.29 is 0 Å². The Morgan fingerprint density at radius 1 is 1.39 bits per heavy atom. The van der Waals surface area contributed by atoms with Crippen LogP contribution in [-0.2, 0) is 6.54 Å². The molecular formula is C12H17N5S. The SMILES string of the molecule is CCn1cc(-c2csc(N3CCNCC3)n2)cn1. The van der Waals surface area contributed by atoms with Gasteiger partial charge in [0.05, 0.1) is 11.9 Å². The van der Waals surface area contributed by atoms with Gasteiger partial charge in [-0.25, -0.2) is 4.98 Å². The van der Waals surface area contributed by atoms with Crippen LogP contribution >= 0.6 is 11.3 Å². The molecule has 3 rings (SSSR count). The number of anilines is 1. The Morgan fingerprint density at radius 3 is 2.94 bits per heavy atom. The highest BCUT2D eigenvalue weighted by atomic mass is 32.1. The molecule has 0 atom stereocenters. The maximum atomic E-state index is 4.72. The van der Waals surface area contributed by atoms with Crippen LogP contribution in [-0.4, -0.2) is 40.9 Å². The van der Waals surface area contributed by atoms with Crippen molar-refractivity contribution >= 4 is 16.5 Å². The minimum absolute atomic E-state index is 0.898. The number of nitrogens with one attached hydrogen (secondary N) is 1. The average Bonchev–Trinajstić information content (AvgIpc) is 3.08. The topological polar surface area (TPSA) is 46.0 Å². The predicted octanol–water partition coefficient (Wildman–Crippen LogP) is 1.44. The van der Waals surface area contributed by atoms with E-state index in [0.717, 1.165) is 49.1 Å². The standard InChI is InChI=1S/C12H17N5S/c1-2-17-8-10(7-14-17)11-9-18-12(15-11)16-5-3-13-4-6-16/h7-9,13H,2-6H2,1H3. The van der Waals surface area contributed by atoms with Gasteiger partial charge in [0.25, 0.3) is 0 Å². The van der Waals surface area contributed by atoms with Crippen LogP contribution in [0.4, 0.5) is 5.13 Å². The number of rotatable bonds is 3. The molecule has 0 saturated carbocycles. The second kappa shape index (κ2) is 5.07. The van der Waals surface area contributed by atoms with Crippen molar-refractivity contribution in [2.24, 2.45) is 0 Å². The van der Waals surface area contributed by atoms with Gasteiger partial charge in [0.15, 0.2) is 5.13 Å². The molecule has 0 radical (unpaired) electrons. The molecule has 1 N–H and O–H groups in total. The molecule has 1 aliphatic rings. The number of hydrogen-bond donors (Lipinski definition) is 1. The molecule has 0 bridgehead atoms. The van der Waals surface area contributed by atoms with Crippen molar-refractivity contribution in [1.82, 2.24) is 20.1 Å². The molecule has 18 heavy (non-hydrogen) atoms. The third-order valence-corrected chi connectivity index (χ3v) is 4.03. The van der Waals surface area contributed by atoms with Crippen LogP contribution in [0.3, 0.4) is 0 Å². The second-order valence-corrected chi connectivity index (χ2v) is 5.17. The third-order valence-electron chi connectivity index (χ3n) is 3.13. The minimum atomic E-state index is 0.898. The normalized spacial score (nSPS) is 16.2. The highest BCUT2D eigenvalue weighted by Crippen LogP contribution is 2.27. The smallest absolute Gasteiger partial charge is 0.185 e. The molecule has 0 spiro atoms. The van der Waals surface area contributed by atoms with Crippen molar-refractivity contribution in [2.75, 3.05) is 31.1 Å². The molecule has 0 aliphatic carbocycles. The summed E-state index contributed by atoms with van der Waals surface area (Å²) in [7, 11) is 0. The van der Waals surface area contributed by atoms with E-state index in [1.165, 1.54) is 0 Å². The van der Waals surface area contributed by atoms with E-state index in [0.29, 0.717) is 0 Å². The average molecular weight is 263 g/mol. The number of piperazine rings is 1. The molecule has 1 saturated heterocycles. The Labute approximate surface area is 110 Å². The summed E-state index contributed by atoms with van der Waals surface area (Å²) < 4.78 is 1.93. The maximum absolute atomic E-state index is 4.72. The lowest BCUT2D eigenvalue weighted by Gasteiger charge is -2.26. The highest BCUT2D eigenvalue weighted by molar-refractivity contribution is 7.14. The van der Waals surface area contributed by atoms with Gasteiger partial charge in [-0.2, -0.15) is 5.10 Å². The van der Waals surface area contributed by atoms with E-state index in [1.807, 2.05) is 10.9 Å². The maximum Gasteiger partial charge on any atom is 0.185 e. The quantitative estimate of drug-likeness (QED) is 0.910. The van der Waals surface area contributed by atoms with Gasteiger partial charge in [-0.3, -0.25) is 4.68 Å². The van der Waals surface area contributed by atoms with E-state index < -0.39 is 0 Å². The van der Waals surface area contributed by atoms with E-state index in [1.54, 1.807) is 11.3 Å². The number of nitrogens with zero attached hydrogens (tertiary/aromatic N) is 4. The summed E-state index contributed by atoms with van der Waals surface area (Å²) in [5, 5.41) is 10.9. The molecule has 0 unspecified atom stereocenters. The van der Waals surface area contributed by atoms with Crippen LogP contribution in [0, 0.1) is 0 Å². The largest absolute Gasteiger partial charge is 0.346 e. The molecule has 5 nitrogen and oxygen atoms in total. The Balaban J connectivity index is 1.79. The fourth-order valence-electron chi connectivity index (χ4n) is 2.07. The highest BCUT2D eigenvalue weighted by Gasteiger charge is 2.14. The molecule has 1 aliphatic heterocycles. The van der Waals surface area contributed by atoms with Crippen LogP contribution in [0.1, 0.15) is 6.92 Å². The Kier molecular flexibility index (Phi) is 3.29. The lowest BCUT2D eigenvalue weighted by molar-refractivity contribution is 0.588. The molecule has 1 fully saturated rings. The van der Waals surface area contributed by atoms with Crippen molar-refractivity contribution in [1.29, 1.82) is 0 Å². The predicted molar refractivity (Wildman–Crippen MR) is 74.1 cm³/mol. The molecule has 96 valence electrons. The van der Waals surface area contributed by atoms with Gasteiger partial charge >= 0.3 is 0 Å². The summed E-state index contributed by atoms with van der Waals surface area (Å²) in [6, 6.07) is 0. The summed E-state index contributed by atoms with van der Waals surface area (Å²) in [6.07, 6.45) is 3.94. The summed E-state index contributed by atoms with van der Waals surface area (Å²) in [5.41, 5.74) is 2.14. The number of aryl methyl sites for hydroxylation is 1. The van der Waals surface area contributed by atoms with Gasteiger partial charge < -0.3 is 10.2 Å². The van der Waals surface area contributed by atoms with Crippen LogP contribution in [0.2, 0.25) is 0 Å². The summed E-state index contributed by atoms with van der Waals surface area (Å²) >= 11 is 1.72. The molecule has 2 aromatic rings. The number of aromatic nitrogens is 3. The zero-order valence-electron chi connectivity index (χ0n) is 10.5. The molecule has 3 heterocycles. The van der Waals surface area contributed by atoms with Gasteiger partial charge in [0, 0.05) is 49.9 Å². The Bertz CT molecular complexity index is 512. The molecule has 0 amide bonds. The Hall–Kier alpha value is -1.40. The van der Waals surface area contributed by atoms with Gasteiger partial charge in [-0.1, -0.05) is 0 Å².